The molecule has 0 radical (unpaired) electrons. The molecule has 202 valence electrons. The fourth-order valence-corrected chi connectivity index (χ4v) is 4.37. The minimum atomic E-state index is -5.08. The van der Waals surface area contributed by atoms with E-state index in [4.69, 9.17) is 19.4 Å². The number of carbonyl (C=O) groups excluding carboxylic acids is 1. The Morgan fingerprint density at radius 2 is 1.43 bits per heavy atom. The van der Waals surface area contributed by atoms with Gasteiger partial charge in [0.05, 0.1) is 13.2 Å². The van der Waals surface area contributed by atoms with E-state index in [9.17, 15) is 18.0 Å². The van der Waals surface area contributed by atoms with Crippen LogP contribution in [-0.2, 0) is 4.79 Å². The zero-order valence-electron chi connectivity index (χ0n) is 20.7. The van der Waals surface area contributed by atoms with E-state index >= 15 is 0 Å². The van der Waals surface area contributed by atoms with Crippen LogP contribution in [0.25, 0.3) is 0 Å². The number of rotatable bonds is 9. The first-order valence-electron chi connectivity index (χ1n) is 12.5. The number of likely N-dealkylation sites (tertiary alicyclic amines) is 2. The van der Waals surface area contributed by atoms with Gasteiger partial charge in [-0.05, 0) is 75.2 Å². The number of carbonyl (C=O) groups is 2. The van der Waals surface area contributed by atoms with Gasteiger partial charge in [-0.15, -0.1) is 0 Å². The van der Waals surface area contributed by atoms with Crippen molar-refractivity contribution in [2.75, 3.05) is 39.4 Å². The molecular weight excluding hydrogens is 489 g/mol. The molecule has 4 rings (SSSR count). The zero-order valence-corrected chi connectivity index (χ0v) is 20.7. The average Bonchev–Trinajstić information content (AvgIpc) is 3.57. The van der Waals surface area contributed by atoms with Crippen molar-refractivity contribution in [3.63, 3.8) is 0 Å². The number of hydrogen-bond donors (Lipinski definition) is 1. The third-order valence-electron chi connectivity index (χ3n) is 6.22. The summed E-state index contributed by atoms with van der Waals surface area (Å²) in [5.41, 5.74) is 0.753. The number of carboxylic acid groups (broad SMARTS) is 1. The molecular formula is C27H33F3N2O5. The Morgan fingerprint density at radius 1 is 0.865 bits per heavy atom. The van der Waals surface area contributed by atoms with Crippen LogP contribution in [0.2, 0.25) is 0 Å². The van der Waals surface area contributed by atoms with Crippen molar-refractivity contribution in [3.8, 4) is 11.5 Å². The number of carboxylic acids is 1. The van der Waals surface area contributed by atoms with Gasteiger partial charge in [0, 0.05) is 31.1 Å². The largest absolute Gasteiger partial charge is 0.493 e. The van der Waals surface area contributed by atoms with Gasteiger partial charge in [0.1, 0.15) is 11.5 Å². The quantitative estimate of drug-likeness (QED) is 0.474. The Kier molecular flexibility index (Phi) is 10.6. The summed E-state index contributed by atoms with van der Waals surface area (Å²) in [5, 5.41) is 7.12. The van der Waals surface area contributed by atoms with Gasteiger partial charge in [-0.3, -0.25) is 4.79 Å². The molecule has 2 aliphatic heterocycles. The van der Waals surface area contributed by atoms with Gasteiger partial charge in [-0.25, -0.2) is 4.79 Å². The molecule has 1 unspecified atom stereocenters. The van der Waals surface area contributed by atoms with Gasteiger partial charge in [-0.2, -0.15) is 13.2 Å². The summed E-state index contributed by atoms with van der Waals surface area (Å²) in [4.78, 5) is 26.5. The van der Waals surface area contributed by atoms with E-state index in [1.807, 2.05) is 54.6 Å². The van der Waals surface area contributed by atoms with Crippen LogP contribution < -0.4 is 9.47 Å². The number of alkyl halides is 3. The lowest BCUT2D eigenvalue weighted by Crippen LogP contribution is -2.42. The standard InChI is InChI=1S/C25H32N2O3.C2HF3O2/c28-25(27-17-6-8-22(27)20-26-15-4-5-16-26)21-11-13-24(14-12-21)30-19-7-18-29-23-9-2-1-3-10-23;3-2(4,5)1(6)7/h1-3,9-14,22H,4-8,15-20H2;(H,6,7). The number of benzene rings is 2. The third kappa shape index (κ3) is 9.27. The summed E-state index contributed by atoms with van der Waals surface area (Å²) in [6.07, 6.45) is 0.535. The second-order valence-electron chi connectivity index (χ2n) is 8.99. The molecule has 1 atom stereocenters. The highest BCUT2D eigenvalue weighted by atomic mass is 19.4. The molecule has 0 spiro atoms. The predicted molar refractivity (Wildman–Crippen MR) is 132 cm³/mol. The molecule has 0 aliphatic carbocycles. The monoisotopic (exact) mass is 522 g/mol. The lowest BCUT2D eigenvalue weighted by molar-refractivity contribution is -0.192. The van der Waals surface area contributed by atoms with E-state index < -0.39 is 12.1 Å². The van der Waals surface area contributed by atoms with E-state index in [0.717, 1.165) is 49.4 Å². The van der Waals surface area contributed by atoms with Crippen molar-refractivity contribution in [2.45, 2.75) is 44.3 Å². The normalized spacial score (nSPS) is 17.7. The molecule has 0 bridgehead atoms. The first kappa shape index (κ1) is 28.3. The van der Waals surface area contributed by atoms with Gasteiger partial charge >= 0.3 is 12.1 Å². The maximum absolute atomic E-state index is 13.0. The van der Waals surface area contributed by atoms with E-state index in [1.165, 1.54) is 25.9 Å². The van der Waals surface area contributed by atoms with E-state index in [1.54, 1.807) is 0 Å². The molecule has 10 heteroatoms. The number of aliphatic carboxylic acids is 1. The van der Waals surface area contributed by atoms with Crippen LogP contribution in [-0.4, -0.2) is 78.4 Å². The predicted octanol–water partition coefficient (Wildman–Crippen LogP) is 4.87. The highest BCUT2D eigenvalue weighted by Gasteiger charge is 2.38. The minimum Gasteiger partial charge on any atom is -0.493 e. The Balaban J connectivity index is 0.000000479. The fraction of sp³-hybridized carbons (Fsp3) is 0.481. The van der Waals surface area contributed by atoms with Crippen molar-refractivity contribution < 1.29 is 37.3 Å². The van der Waals surface area contributed by atoms with Crippen LogP contribution in [0, 0.1) is 0 Å². The summed E-state index contributed by atoms with van der Waals surface area (Å²) in [6, 6.07) is 17.7. The molecule has 2 aromatic carbocycles. The summed E-state index contributed by atoms with van der Waals surface area (Å²) in [6.45, 7) is 5.47. The summed E-state index contributed by atoms with van der Waals surface area (Å²) in [5.74, 6) is -0.932. The lowest BCUT2D eigenvalue weighted by atomic mass is 10.1. The molecule has 0 aromatic heterocycles. The second-order valence-corrected chi connectivity index (χ2v) is 8.99. The number of ether oxygens (including phenoxy) is 2. The Hall–Kier alpha value is -3.27. The Labute approximate surface area is 214 Å². The van der Waals surface area contributed by atoms with E-state index in [0.29, 0.717) is 19.3 Å². The van der Waals surface area contributed by atoms with Crippen LogP contribution in [0.4, 0.5) is 13.2 Å². The maximum atomic E-state index is 13.0. The topological polar surface area (TPSA) is 79.3 Å². The highest BCUT2D eigenvalue weighted by Crippen LogP contribution is 2.23. The number of nitrogens with zero attached hydrogens (tertiary/aromatic N) is 2. The fourth-order valence-electron chi connectivity index (χ4n) is 4.37. The average molecular weight is 523 g/mol. The lowest BCUT2D eigenvalue weighted by Gasteiger charge is -2.28. The molecule has 1 N–H and O–H groups in total. The van der Waals surface area contributed by atoms with Gasteiger partial charge in [0.25, 0.3) is 5.91 Å². The van der Waals surface area contributed by atoms with Crippen LogP contribution in [0.3, 0.4) is 0 Å². The summed E-state index contributed by atoms with van der Waals surface area (Å²) < 4.78 is 43.2. The van der Waals surface area contributed by atoms with Gasteiger partial charge < -0.3 is 24.4 Å². The zero-order chi connectivity index (χ0) is 26.7. The molecule has 2 aromatic rings. The number of amides is 1. The SMILES string of the molecule is O=C(O)C(F)(F)F.O=C(c1ccc(OCCCOc2ccccc2)cc1)N1CCCC1CN1CCCC1. The maximum Gasteiger partial charge on any atom is 0.490 e. The van der Waals surface area contributed by atoms with Crippen molar-refractivity contribution in [1.29, 1.82) is 0 Å². The molecule has 37 heavy (non-hydrogen) atoms. The number of halogens is 3. The van der Waals surface area contributed by atoms with E-state index in [2.05, 4.69) is 9.80 Å². The molecule has 2 aliphatic rings. The third-order valence-corrected chi connectivity index (χ3v) is 6.22. The molecule has 2 saturated heterocycles. The van der Waals surface area contributed by atoms with Crippen LogP contribution in [0.1, 0.15) is 42.5 Å². The molecule has 1 amide bonds. The number of para-hydroxylation sites is 1. The molecule has 7 nitrogen and oxygen atoms in total. The Morgan fingerprint density at radius 3 is 2.00 bits per heavy atom. The van der Waals surface area contributed by atoms with Crippen molar-refractivity contribution in [3.05, 3.63) is 60.2 Å². The van der Waals surface area contributed by atoms with Gasteiger partial charge in [0.2, 0.25) is 0 Å². The number of hydrogen-bond acceptors (Lipinski definition) is 5. The van der Waals surface area contributed by atoms with E-state index in [-0.39, 0.29) is 5.91 Å². The first-order chi connectivity index (χ1) is 17.7. The van der Waals surface area contributed by atoms with Crippen LogP contribution >= 0.6 is 0 Å². The second kappa shape index (κ2) is 13.9. The highest BCUT2D eigenvalue weighted by molar-refractivity contribution is 5.94. The van der Waals surface area contributed by atoms with Gasteiger partial charge in [0.15, 0.2) is 0 Å². The van der Waals surface area contributed by atoms with Crippen LogP contribution in [0.15, 0.2) is 54.6 Å². The summed E-state index contributed by atoms with van der Waals surface area (Å²) in [7, 11) is 0. The molecule has 2 heterocycles. The van der Waals surface area contributed by atoms with Crippen molar-refractivity contribution in [1.82, 2.24) is 9.80 Å². The van der Waals surface area contributed by atoms with Gasteiger partial charge in [-0.1, -0.05) is 18.2 Å². The Bertz CT molecular complexity index is 980. The van der Waals surface area contributed by atoms with Crippen LogP contribution in [0.5, 0.6) is 11.5 Å². The smallest absolute Gasteiger partial charge is 0.490 e. The van der Waals surface area contributed by atoms with Crippen molar-refractivity contribution in [2.24, 2.45) is 0 Å². The molecule has 0 saturated carbocycles. The summed E-state index contributed by atoms with van der Waals surface area (Å²) >= 11 is 0. The van der Waals surface area contributed by atoms with Crippen molar-refractivity contribution >= 4 is 11.9 Å². The minimum absolute atomic E-state index is 0.152. The molecule has 2 fully saturated rings. The first-order valence-corrected chi connectivity index (χ1v) is 12.5.